The average Bonchev–Trinajstić information content (AvgIpc) is 2.37. The predicted molar refractivity (Wildman–Crippen MR) is 65.6 cm³/mol. The Morgan fingerprint density at radius 2 is 1.74 bits per heavy atom. The lowest BCUT2D eigenvalue weighted by atomic mass is 10.0. The lowest BCUT2D eigenvalue weighted by Gasteiger charge is -2.11. The Hall–Kier alpha value is -1.59. The van der Waals surface area contributed by atoms with Gasteiger partial charge in [0.05, 0.1) is 12.2 Å². The molecule has 1 heterocycles. The van der Waals surface area contributed by atoms with E-state index in [4.69, 9.17) is 11.6 Å². The molecule has 2 nitrogen and oxygen atoms in total. The number of alkyl halides is 3. The molecule has 0 atom stereocenters. The third-order valence-electron chi connectivity index (χ3n) is 2.66. The van der Waals surface area contributed by atoms with Crippen molar-refractivity contribution in [3.8, 4) is 11.1 Å². The number of aliphatic hydroxyl groups excluding tert-OH is 1. The van der Waals surface area contributed by atoms with Crippen LogP contribution in [0.5, 0.6) is 0 Å². The summed E-state index contributed by atoms with van der Waals surface area (Å²) in [6.07, 6.45) is -2.95. The predicted octanol–water partition coefficient (Wildman–Crippen LogP) is 3.91. The van der Waals surface area contributed by atoms with Crippen molar-refractivity contribution in [2.75, 3.05) is 0 Å². The van der Waals surface area contributed by atoms with Crippen LogP contribution in [0.25, 0.3) is 11.1 Å². The van der Waals surface area contributed by atoms with E-state index in [0.717, 1.165) is 12.1 Å². The van der Waals surface area contributed by atoms with Gasteiger partial charge in [-0.05, 0) is 29.3 Å². The summed E-state index contributed by atoms with van der Waals surface area (Å²) in [5.41, 5.74) is 0.706. The Morgan fingerprint density at radius 1 is 1.11 bits per heavy atom. The molecule has 1 aromatic heterocycles. The molecule has 1 aromatic carbocycles. The van der Waals surface area contributed by atoms with Crippen molar-refractivity contribution in [1.82, 2.24) is 4.98 Å². The number of aliphatic hydroxyl groups is 1. The number of rotatable bonds is 2. The first-order chi connectivity index (χ1) is 8.93. The molecule has 0 unspecified atom stereocenters. The van der Waals surface area contributed by atoms with Crippen molar-refractivity contribution in [2.45, 2.75) is 12.8 Å². The molecule has 0 bridgehead atoms. The van der Waals surface area contributed by atoms with Crippen LogP contribution in [0.1, 0.15) is 11.1 Å². The maximum Gasteiger partial charge on any atom is 0.416 e. The third-order valence-corrected chi connectivity index (χ3v) is 2.95. The fourth-order valence-corrected chi connectivity index (χ4v) is 2.02. The largest absolute Gasteiger partial charge is 0.416 e. The second-order valence-corrected chi connectivity index (χ2v) is 4.23. The Kier molecular flexibility index (Phi) is 3.78. The SMILES string of the molecule is OCc1ccnc(Cl)c1-c1ccc(C(F)(F)F)cc1. The monoisotopic (exact) mass is 287 g/mol. The number of hydrogen-bond donors (Lipinski definition) is 1. The summed E-state index contributed by atoms with van der Waals surface area (Å²) in [7, 11) is 0. The molecule has 0 aliphatic heterocycles. The highest BCUT2D eigenvalue weighted by molar-refractivity contribution is 6.32. The van der Waals surface area contributed by atoms with Crippen molar-refractivity contribution in [1.29, 1.82) is 0 Å². The van der Waals surface area contributed by atoms with Crippen molar-refractivity contribution < 1.29 is 18.3 Å². The highest BCUT2D eigenvalue weighted by Crippen LogP contribution is 2.34. The zero-order valence-electron chi connectivity index (χ0n) is 9.58. The van der Waals surface area contributed by atoms with Gasteiger partial charge in [-0.1, -0.05) is 23.7 Å². The normalized spacial score (nSPS) is 11.6. The standard InChI is InChI=1S/C13H9ClF3NO/c14-12-11(9(7-19)5-6-18-12)8-1-3-10(4-2-8)13(15,16)17/h1-6,19H,7H2. The van der Waals surface area contributed by atoms with E-state index in [0.29, 0.717) is 16.7 Å². The van der Waals surface area contributed by atoms with Crippen LogP contribution in [0, 0.1) is 0 Å². The summed E-state index contributed by atoms with van der Waals surface area (Å²) in [4.78, 5) is 3.87. The van der Waals surface area contributed by atoms with Crippen molar-refractivity contribution in [3.63, 3.8) is 0 Å². The van der Waals surface area contributed by atoms with Gasteiger partial charge in [0, 0.05) is 11.8 Å². The van der Waals surface area contributed by atoms with Crippen molar-refractivity contribution >= 4 is 11.6 Å². The van der Waals surface area contributed by atoms with E-state index in [1.807, 2.05) is 0 Å². The number of aromatic nitrogens is 1. The van der Waals surface area contributed by atoms with Gasteiger partial charge < -0.3 is 5.11 Å². The first-order valence-corrected chi connectivity index (χ1v) is 5.73. The Labute approximate surface area is 112 Å². The first-order valence-electron chi connectivity index (χ1n) is 5.35. The molecule has 2 aromatic rings. The summed E-state index contributed by atoms with van der Waals surface area (Å²) in [5.74, 6) is 0. The average molecular weight is 288 g/mol. The van der Waals surface area contributed by atoms with Crippen molar-refractivity contribution in [3.05, 3.63) is 52.8 Å². The Morgan fingerprint density at radius 3 is 2.26 bits per heavy atom. The molecule has 1 N–H and O–H groups in total. The van der Waals surface area contributed by atoms with E-state index in [2.05, 4.69) is 4.98 Å². The summed E-state index contributed by atoms with van der Waals surface area (Å²) < 4.78 is 37.4. The van der Waals surface area contributed by atoms with E-state index < -0.39 is 11.7 Å². The van der Waals surface area contributed by atoms with Gasteiger partial charge in [0.2, 0.25) is 0 Å². The minimum absolute atomic E-state index is 0.145. The highest BCUT2D eigenvalue weighted by Gasteiger charge is 2.30. The summed E-state index contributed by atoms with van der Waals surface area (Å²) >= 11 is 5.93. The topological polar surface area (TPSA) is 33.1 Å². The van der Waals surface area contributed by atoms with E-state index in [9.17, 15) is 18.3 Å². The van der Waals surface area contributed by atoms with Crippen LogP contribution in [-0.2, 0) is 12.8 Å². The van der Waals surface area contributed by atoms with Crippen LogP contribution in [0.4, 0.5) is 13.2 Å². The van der Waals surface area contributed by atoms with Gasteiger partial charge in [0.15, 0.2) is 0 Å². The van der Waals surface area contributed by atoms with Crippen LogP contribution in [0.15, 0.2) is 36.5 Å². The number of nitrogens with zero attached hydrogens (tertiary/aromatic N) is 1. The second-order valence-electron chi connectivity index (χ2n) is 3.87. The van der Waals surface area contributed by atoms with Gasteiger partial charge in [-0.2, -0.15) is 13.2 Å². The van der Waals surface area contributed by atoms with Gasteiger partial charge in [0.25, 0.3) is 0 Å². The fourth-order valence-electron chi connectivity index (χ4n) is 1.74. The second kappa shape index (κ2) is 5.19. The number of halogens is 4. The minimum Gasteiger partial charge on any atom is -0.392 e. The van der Waals surface area contributed by atoms with Crippen LogP contribution in [0.2, 0.25) is 5.15 Å². The maximum atomic E-state index is 12.5. The molecular weight excluding hydrogens is 279 g/mol. The molecule has 2 rings (SSSR count). The zero-order chi connectivity index (χ0) is 14.0. The van der Waals surface area contributed by atoms with Gasteiger partial charge in [-0.25, -0.2) is 4.98 Å². The minimum atomic E-state index is -4.38. The van der Waals surface area contributed by atoms with E-state index >= 15 is 0 Å². The molecule has 0 fully saturated rings. The number of pyridine rings is 1. The first kappa shape index (κ1) is 13.8. The quantitative estimate of drug-likeness (QED) is 0.850. The summed E-state index contributed by atoms with van der Waals surface area (Å²) in [6, 6.07) is 6.13. The molecule has 0 aliphatic carbocycles. The maximum absolute atomic E-state index is 12.5. The molecule has 6 heteroatoms. The molecule has 0 radical (unpaired) electrons. The lowest BCUT2D eigenvalue weighted by molar-refractivity contribution is -0.137. The Bertz CT molecular complexity index is 581. The smallest absolute Gasteiger partial charge is 0.392 e. The Balaban J connectivity index is 2.49. The van der Waals surface area contributed by atoms with Crippen molar-refractivity contribution in [2.24, 2.45) is 0 Å². The van der Waals surface area contributed by atoms with E-state index in [1.165, 1.54) is 18.3 Å². The number of hydrogen-bond acceptors (Lipinski definition) is 2. The lowest BCUT2D eigenvalue weighted by Crippen LogP contribution is -2.04. The van der Waals surface area contributed by atoms with E-state index in [-0.39, 0.29) is 11.8 Å². The molecular formula is C13H9ClF3NO. The molecule has 0 saturated heterocycles. The van der Waals surface area contributed by atoms with Gasteiger partial charge in [-0.3, -0.25) is 0 Å². The highest BCUT2D eigenvalue weighted by atomic mass is 35.5. The van der Waals surface area contributed by atoms with Crippen LogP contribution in [0.3, 0.4) is 0 Å². The fraction of sp³-hybridized carbons (Fsp3) is 0.154. The molecule has 0 aliphatic rings. The van der Waals surface area contributed by atoms with Crippen LogP contribution < -0.4 is 0 Å². The van der Waals surface area contributed by atoms with Gasteiger partial charge >= 0.3 is 6.18 Å². The van der Waals surface area contributed by atoms with E-state index in [1.54, 1.807) is 6.07 Å². The van der Waals surface area contributed by atoms with Gasteiger partial charge in [0.1, 0.15) is 5.15 Å². The third kappa shape index (κ3) is 2.88. The van der Waals surface area contributed by atoms with Crippen LogP contribution in [-0.4, -0.2) is 10.1 Å². The summed E-state index contributed by atoms with van der Waals surface area (Å²) in [5, 5.41) is 9.37. The van der Waals surface area contributed by atoms with Gasteiger partial charge in [-0.15, -0.1) is 0 Å². The molecule has 0 spiro atoms. The number of benzene rings is 1. The molecule has 0 saturated carbocycles. The zero-order valence-corrected chi connectivity index (χ0v) is 10.3. The van der Waals surface area contributed by atoms with Crippen LogP contribution >= 0.6 is 11.6 Å². The summed E-state index contributed by atoms with van der Waals surface area (Å²) in [6.45, 7) is -0.265. The molecule has 0 amide bonds. The molecule has 19 heavy (non-hydrogen) atoms. The molecule has 100 valence electrons.